The van der Waals surface area contributed by atoms with Gasteiger partial charge in [-0.1, -0.05) is 20.8 Å². The summed E-state index contributed by atoms with van der Waals surface area (Å²) in [6.07, 6.45) is 0. The van der Waals surface area contributed by atoms with Gasteiger partial charge in [-0.2, -0.15) is 4.39 Å². The summed E-state index contributed by atoms with van der Waals surface area (Å²) in [6.45, 7) is 8.10. The molecule has 0 aliphatic carbocycles. The molecular weight excluding hydrogens is 141 g/mol. The van der Waals surface area contributed by atoms with Gasteiger partial charge in [0.2, 0.25) is 0 Å². The molecule has 1 N–H and O–H groups in total. The molecule has 1 nitrogen and oxygen atoms in total. The predicted molar refractivity (Wildman–Crippen MR) is 44.2 cm³/mol. The zero-order valence-electron chi connectivity index (χ0n) is 7.46. The first kappa shape index (κ1) is 8.31. The second-order valence-corrected chi connectivity index (χ2v) is 3.93. The molecule has 0 bridgehead atoms. The maximum Gasteiger partial charge on any atom is 0.191 e. The Morgan fingerprint density at radius 3 is 2.09 bits per heavy atom. The van der Waals surface area contributed by atoms with Crippen molar-refractivity contribution in [2.75, 3.05) is 0 Å². The monoisotopic (exact) mass is 155 g/mol. The molecular formula is C9H14FN. The molecule has 11 heavy (non-hydrogen) atoms. The largest absolute Gasteiger partial charge is 0.335 e. The number of H-pyrrole nitrogens is 1. The predicted octanol–water partition coefficient (Wildman–Crippen LogP) is 2.76. The second-order valence-electron chi connectivity index (χ2n) is 3.93. The summed E-state index contributed by atoms with van der Waals surface area (Å²) < 4.78 is 12.7. The van der Waals surface area contributed by atoms with Crippen LogP contribution in [0.3, 0.4) is 0 Å². The molecule has 1 aromatic rings. The number of hydrogen-bond acceptors (Lipinski definition) is 0. The molecule has 0 atom stereocenters. The second kappa shape index (κ2) is 2.36. The Bertz CT molecular complexity index is 255. The lowest BCUT2D eigenvalue weighted by Gasteiger charge is -2.17. The van der Waals surface area contributed by atoms with E-state index in [-0.39, 0.29) is 11.4 Å². The van der Waals surface area contributed by atoms with E-state index in [0.29, 0.717) is 0 Å². The van der Waals surface area contributed by atoms with Crippen LogP contribution in [0.1, 0.15) is 32.0 Å². The molecule has 1 heterocycles. The highest BCUT2D eigenvalue weighted by molar-refractivity contribution is 5.25. The van der Waals surface area contributed by atoms with Crippen LogP contribution in [0.15, 0.2) is 6.07 Å². The van der Waals surface area contributed by atoms with Gasteiger partial charge in [0.25, 0.3) is 0 Å². The van der Waals surface area contributed by atoms with E-state index in [2.05, 4.69) is 25.8 Å². The number of aromatic amines is 1. The van der Waals surface area contributed by atoms with Gasteiger partial charge in [-0.25, -0.2) is 0 Å². The maximum atomic E-state index is 12.7. The first-order chi connectivity index (χ1) is 4.91. The van der Waals surface area contributed by atoms with Crippen LogP contribution >= 0.6 is 0 Å². The van der Waals surface area contributed by atoms with Gasteiger partial charge < -0.3 is 4.98 Å². The number of aromatic nitrogens is 1. The summed E-state index contributed by atoms with van der Waals surface area (Å²) in [5.74, 6) is -0.243. The average Bonchev–Trinajstić information content (AvgIpc) is 2.08. The van der Waals surface area contributed by atoms with Crippen LogP contribution in [0.2, 0.25) is 0 Å². The van der Waals surface area contributed by atoms with Crippen molar-refractivity contribution >= 4 is 0 Å². The summed E-state index contributed by atoms with van der Waals surface area (Å²) in [5.41, 5.74) is 1.99. The van der Waals surface area contributed by atoms with E-state index in [1.165, 1.54) is 6.07 Å². The van der Waals surface area contributed by atoms with E-state index >= 15 is 0 Å². The molecule has 0 aliphatic rings. The van der Waals surface area contributed by atoms with Crippen molar-refractivity contribution in [3.8, 4) is 0 Å². The zero-order valence-corrected chi connectivity index (χ0v) is 7.46. The van der Waals surface area contributed by atoms with Crippen LogP contribution < -0.4 is 0 Å². The molecule has 0 saturated heterocycles. The van der Waals surface area contributed by atoms with Gasteiger partial charge >= 0.3 is 0 Å². The van der Waals surface area contributed by atoms with Gasteiger partial charge in [0.1, 0.15) is 0 Å². The molecule has 2 heteroatoms. The average molecular weight is 155 g/mol. The van der Waals surface area contributed by atoms with E-state index in [9.17, 15) is 4.39 Å². The topological polar surface area (TPSA) is 15.8 Å². The minimum absolute atomic E-state index is 0.00836. The number of rotatable bonds is 0. The summed E-state index contributed by atoms with van der Waals surface area (Å²) in [7, 11) is 0. The third-order valence-corrected chi connectivity index (χ3v) is 1.73. The third-order valence-electron chi connectivity index (χ3n) is 1.73. The molecule has 62 valence electrons. The van der Waals surface area contributed by atoms with E-state index in [1.54, 1.807) is 0 Å². The first-order valence-corrected chi connectivity index (χ1v) is 3.77. The number of nitrogens with one attached hydrogen (secondary N) is 1. The highest BCUT2D eigenvalue weighted by Crippen LogP contribution is 2.24. The first-order valence-electron chi connectivity index (χ1n) is 3.77. The van der Waals surface area contributed by atoms with Gasteiger partial charge in [0.05, 0.1) is 0 Å². The Kier molecular flexibility index (Phi) is 1.78. The SMILES string of the molecule is Cc1cc(F)[nH]c1C(C)(C)C. The maximum absolute atomic E-state index is 12.7. The fraction of sp³-hybridized carbons (Fsp3) is 0.556. The normalized spacial score (nSPS) is 12.1. The van der Waals surface area contributed by atoms with E-state index in [0.717, 1.165) is 11.3 Å². The van der Waals surface area contributed by atoms with Crippen LogP contribution in [0.25, 0.3) is 0 Å². The molecule has 0 fully saturated rings. The van der Waals surface area contributed by atoms with Crippen LogP contribution in [0, 0.1) is 12.9 Å². The Morgan fingerprint density at radius 2 is 1.91 bits per heavy atom. The highest BCUT2D eigenvalue weighted by Gasteiger charge is 2.18. The van der Waals surface area contributed by atoms with Crippen molar-refractivity contribution < 1.29 is 4.39 Å². The van der Waals surface area contributed by atoms with Gasteiger partial charge in [0, 0.05) is 11.1 Å². The Morgan fingerprint density at radius 1 is 1.36 bits per heavy atom. The Hall–Kier alpha value is -0.790. The third kappa shape index (κ3) is 1.62. The zero-order chi connectivity index (χ0) is 8.65. The van der Waals surface area contributed by atoms with Crippen molar-refractivity contribution in [3.05, 3.63) is 23.3 Å². The molecule has 1 rings (SSSR count). The van der Waals surface area contributed by atoms with Crippen LogP contribution in [-0.4, -0.2) is 4.98 Å². The van der Waals surface area contributed by atoms with Crippen molar-refractivity contribution in [2.24, 2.45) is 0 Å². The lowest BCUT2D eigenvalue weighted by molar-refractivity contribution is 0.538. The van der Waals surface area contributed by atoms with E-state index in [1.807, 2.05) is 6.92 Å². The van der Waals surface area contributed by atoms with Crippen LogP contribution in [0.4, 0.5) is 4.39 Å². The fourth-order valence-electron chi connectivity index (χ4n) is 1.30. The molecule has 0 saturated carbocycles. The Labute approximate surface area is 66.6 Å². The lowest BCUT2D eigenvalue weighted by atomic mass is 9.90. The lowest BCUT2D eigenvalue weighted by Crippen LogP contribution is -2.13. The van der Waals surface area contributed by atoms with Crippen molar-refractivity contribution in [1.29, 1.82) is 0 Å². The number of aryl methyl sites for hydroxylation is 1. The number of halogens is 1. The fourth-order valence-corrected chi connectivity index (χ4v) is 1.30. The molecule has 0 amide bonds. The summed E-state index contributed by atoms with van der Waals surface area (Å²) in [4.78, 5) is 2.72. The van der Waals surface area contributed by atoms with Crippen molar-refractivity contribution in [2.45, 2.75) is 33.1 Å². The quantitative estimate of drug-likeness (QED) is 0.593. The molecule has 0 unspecified atom stereocenters. The summed E-state index contributed by atoms with van der Waals surface area (Å²) in [6, 6.07) is 1.53. The van der Waals surface area contributed by atoms with Gasteiger partial charge in [0.15, 0.2) is 5.95 Å². The van der Waals surface area contributed by atoms with Crippen LogP contribution in [0.5, 0.6) is 0 Å². The molecule has 0 radical (unpaired) electrons. The summed E-state index contributed by atoms with van der Waals surface area (Å²) in [5, 5.41) is 0. The van der Waals surface area contributed by atoms with Crippen LogP contribution in [-0.2, 0) is 5.41 Å². The highest BCUT2D eigenvalue weighted by atomic mass is 19.1. The Balaban J connectivity index is 3.13. The van der Waals surface area contributed by atoms with Gasteiger partial charge in [-0.15, -0.1) is 0 Å². The van der Waals surface area contributed by atoms with Gasteiger partial charge in [-0.05, 0) is 18.6 Å². The molecule has 0 aliphatic heterocycles. The van der Waals surface area contributed by atoms with E-state index in [4.69, 9.17) is 0 Å². The van der Waals surface area contributed by atoms with Crippen molar-refractivity contribution in [1.82, 2.24) is 4.98 Å². The molecule has 0 spiro atoms. The molecule has 0 aromatic carbocycles. The van der Waals surface area contributed by atoms with E-state index < -0.39 is 0 Å². The molecule has 1 aromatic heterocycles. The minimum Gasteiger partial charge on any atom is -0.335 e. The smallest absolute Gasteiger partial charge is 0.191 e. The van der Waals surface area contributed by atoms with Gasteiger partial charge in [-0.3, -0.25) is 0 Å². The standard InChI is InChI=1S/C9H14FN/c1-6-5-7(10)11-8(6)9(2,3)4/h5,11H,1-4H3. The number of hydrogen-bond donors (Lipinski definition) is 1. The van der Waals surface area contributed by atoms with Crippen molar-refractivity contribution in [3.63, 3.8) is 0 Å². The minimum atomic E-state index is -0.243. The summed E-state index contributed by atoms with van der Waals surface area (Å²) >= 11 is 0.